The number of halogens is 2. The number of nitrogens with zero attached hydrogens (tertiary/aromatic N) is 1. The third-order valence-corrected chi connectivity index (χ3v) is 2.12. The highest BCUT2D eigenvalue weighted by Crippen LogP contribution is 2.27. The normalized spacial score (nSPS) is 18.4. The van der Waals surface area contributed by atoms with Crippen molar-refractivity contribution in [2.75, 3.05) is 5.73 Å². The first-order valence-corrected chi connectivity index (χ1v) is 3.78. The first-order valence-electron chi connectivity index (χ1n) is 3.78. The van der Waals surface area contributed by atoms with Gasteiger partial charge in [0.05, 0.1) is 0 Å². The number of hydrogen-bond acceptors (Lipinski definition) is 3. The summed E-state index contributed by atoms with van der Waals surface area (Å²) in [5.74, 6) is 0.595. The molecule has 3 nitrogen and oxygen atoms in total. The van der Waals surface area contributed by atoms with Crippen LogP contribution in [0.15, 0.2) is 12.1 Å². The number of rotatable bonds is 0. The van der Waals surface area contributed by atoms with Crippen molar-refractivity contribution in [2.45, 2.75) is 18.9 Å². The molecule has 5 heteroatoms. The van der Waals surface area contributed by atoms with E-state index >= 15 is 0 Å². The van der Waals surface area contributed by atoms with Crippen LogP contribution in [0.1, 0.15) is 23.7 Å². The largest absolute Gasteiger partial charge is 0.384 e. The zero-order valence-electron chi connectivity index (χ0n) is 7.06. The zero-order valence-corrected chi connectivity index (χ0v) is 8.70. The molecule has 0 bridgehead atoms. The SMILES string of the molecule is Cl.Cl.Nc1ccc2c(n1)CCC2N. The number of aromatic nitrogens is 1. The molecule has 13 heavy (non-hydrogen) atoms. The summed E-state index contributed by atoms with van der Waals surface area (Å²) in [6, 6.07) is 3.97. The molecule has 0 aliphatic heterocycles. The van der Waals surface area contributed by atoms with Crippen molar-refractivity contribution in [1.82, 2.24) is 4.98 Å². The van der Waals surface area contributed by atoms with Crippen molar-refractivity contribution in [1.29, 1.82) is 0 Å². The van der Waals surface area contributed by atoms with Crippen molar-refractivity contribution in [3.8, 4) is 0 Å². The Morgan fingerprint density at radius 1 is 1.31 bits per heavy atom. The van der Waals surface area contributed by atoms with E-state index in [4.69, 9.17) is 11.5 Å². The summed E-state index contributed by atoms with van der Waals surface area (Å²) in [6.07, 6.45) is 1.98. The Morgan fingerprint density at radius 2 is 2.00 bits per heavy atom. The number of pyridine rings is 1. The number of fused-ring (bicyclic) bond motifs is 1. The second kappa shape index (κ2) is 4.65. The van der Waals surface area contributed by atoms with Crippen LogP contribution >= 0.6 is 24.8 Å². The van der Waals surface area contributed by atoms with Crippen molar-refractivity contribution in [3.63, 3.8) is 0 Å². The van der Waals surface area contributed by atoms with Gasteiger partial charge in [0.1, 0.15) is 5.82 Å². The molecule has 1 aromatic heterocycles. The van der Waals surface area contributed by atoms with Crippen LogP contribution < -0.4 is 11.5 Å². The van der Waals surface area contributed by atoms with Crippen LogP contribution in [0.3, 0.4) is 0 Å². The molecule has 1 aliphatic carbocycles. The molecule has 74 valence electrons. The Hall–Kier alpha value is -0.510. The maximum Gasteiger partial charge on any atom is 0.123 e. The van der Waals surface area contributed by atoms with Crippen LogP contribution in [0.2, 0.25) is 0 Å². The highest BCUT2D eigenvalue weighted by Gasteiger charge is 2.19. The third kappa shape index (κ3) is 2.24. The first-order chi connectivity index (χ1) is 5.27. The van der Waals surface area contributed by atoms with Crippen molar-refractivity contribution >= 4 is 30.6 Å². The van der Waals surface area contributed by atoms with Crippen molar-refractivity contribution < 1.29 is 0 Å². The van der Waals surface area contributed by atoms with Gasteiger partial charge in [0.15, 0.2) is 0 Å². The van der Waals surface area contributed by atoms with E-state index in [9.17, 15) is 0 Å². The molecule has 1 unspecified atom stereocenters. The minimum absolute atomic E-state index is 0. The average Bonchev–Trinajstić information content (AvgIpc) is 2.32. The molecule has 0 aromatic carbocycles. The quantitative estimate of drug-likeness (QED) is 0.698. The minimum atomic E-state index is 0. The Bertz CT molecular complexity index is 291. The molecule has 1 atom stereocenters. The van der Waals surface area contributed by atoms with Gasteiger partial charge in [-0.2, -0.15) is 0 Å². The van der Waals surface area contributed by atoms with E-state index in [2.05, 4.69) is 4.98 Å². The summed E-state index contributed by atoms with van der Waals surface area (Å²) < 4.78 is 0. The number of nitrogen functional groups attached to an aromatic ring is 1. The summed E-state index contributed by atoms with van der Waals surface area (Å²) in [4.78, 5) is 4.20. The van der Waals surface area contributed by atoms with Gasteiger partial charge in [0, 0.05) is 11.7 Å². The molecular weight excluding hydrogens is 209 g/mol. The number of anilines is 1. The fourth-order valence-corrected chi connectivity index (χ4v) is 1.51. The molecule has 0 radical (unpaired) electrons. The lowest BCUT2D eigenvalue weighted by molar-refractivity contribution is 0.712. The number of hydrogen-bond donors (Lipinski definition) is 2. The van der Waals surface area contributed by atoms with Gasteiger partial charge < -0.3 is 11.5 Å². The molecule has 0 saturated carbocycles. The second-order valence-electron chi connectivity index (χ2n) is 2.92. The zero-order chi connectivity index (χ0) is 7.84. The summed E-state index contributed by atoms with van der Waals surface area (Å²) >= 11 is 0. The van der Waals surface area contributed by atoms with Crippen LogP contribution in [0.25, 0.3) is 0 Å². The van der Waals surface area contributed by atoms with Crippen molar-refractivity contribution in [2.24, 2.45) is 5.73 Å². The molecule has 2 rings (SSSR count). The molecule has 0 fully saturated rings. The summed E-state index contributed by atoms with van der Waals surface area (Å²) in [7, 11) is 0. The van der Waals surface area contributed by atoms with Gasteiger partial charge in [-0.15, -0.1) is 24.8 Å². The van der Waals surface area contributed by atoms with E-state index in [-0.39, 0.29) is 30.9 Å². The third-order valence-electron chi connectivity index (χ3n) is 2.12. The molecule has 0 amide bonds. The summed E-state index contributed by atoms with van der Waals surface area (Å²) in [5.41, 5.74) is 13.6. The van der Waals surface area contributed by atoms with Crippen LogP contribution in [-0.2, 0) is 6.42 Å². The van der Waals surface area contributed by atoms with Gasteiger partial charge in [-0.25, -0.2) is 4.98 Å². The van der Waals surface area contributed by atoms with E-state index in [1.165, 1.54) is 5.56 Å². The summed E-state index contributed by atoms with van der Waals surface area (Å²) in [5, 5.41) is 0. The van der Waals surface area contributed by atoms with E-state index in [1.54, 1.807) is 0 Å². The molecule has 0 spiro atoms. The molecule has 1 aliphatic rings. The highest BCUT2D eigenvalue weighted by atomic mass is 35.5. The molecule has 1 heterocycles. The first kappa shape index (κ1) is 12.5. The lowest BCUT2D eigenvalue weighted by Crippen LogP contribution is -2.05. The molecule has 1 aromatic rings. The lowest BCUT2D eigenvalue weighted by atomic mass is 10.2. The van der Waals surface area contributed by atoms with E-state index < -0.39 is 0 Å². The van der Waals surface area contributed by atoms with Gasteiger partial charge in [-0.3, -0.25) is 0 Å². The predicted molar refractivity (Wildman–Crippen MR) is 58.4 cm³/mol. The molecule has 0 saturated heterocycles. The van der Waals surface area contributed by atoms with E-state index in [0.717, 1.165) is 18.5 Å². The summed E-state index contributed by atoms with van der Waals surface area (Å²) in [6.45, 7) is 0. The fourth-order valence-electron chi connectivity index (χ4n) is 1.51. The smallest absolute Gasteiger partial charge is 0.123 e. The Labute approximate surface area is 89.7 Å². The standard InChI is InChI=1S/C8H11N3.2ClH/c9-6-2-3-7-5(6)1-4-8(10)11-7;;/h1,4,6H,2-3,9H2,(H2,10,11);2*1H. The van der Waals surface area contributed by atoms with Crippen LogP contribution in [0.5, 0.6) is 0 Å². The monoisotopic (exact) mass is 221 g/mol. The van der Waals surface area contributed by atoms with Crippen LogP contribution in [0.4, 0.5) is 5.82 Å². The van der Waals surface area contributed by atoms with E-state index in [0.29, 0.717) is 5.82 Å². The molecular formula is C8H13Cl2N3. The minimum Gasteiger partial charge on any atom is -0.384 e. The average molecular weight is 222 g/mol. The van der Waals surface area contributed by atoms with Crippen LogP contribution in [-0.4, -0.2) is 4.98 Å². The topological polar surface area (TPSA) is 64.9 Å². The van der Waals surface area contributed by atoms with E-state index in [1.807, 2.05) is 12.1 Å². The van der Waals surface area contributed by atoms with Gasteiger partial charge in [0.2, 0.25) is 0 Å². The fraction of sp³-hybridized carbons (Fsp3) is 0.375. The Kier molecular flexibility index (Phi) is 4.47. The predicted octanol–water partition coefficient (Wildman–Crippen LogP) is 1.45. The van der Waals surface area contributed by atoms with Crippen molar-refractivity contribution in [3.05, 3.63) is 23.4 Å². The van der Waals surface area contributed by atoms with Gasteiger partial charge in [-0.05, 0) is 24.5 Å². The highest BCUT2D eigenvalue weighted by molar-refractivity contribution is 5.85. The van der Waals surface area contributed by atoms with Crippen LogP contribution in [0, 0.1) is 0 Å². The maximum atomic E-state index is 5.82. The van der Waals surface area contributed by atoms with Gasteiger partial charge in [-0.1, -0.05) is 6.07 Å². The Balaban J connectivity index is 0.000000720. The second-order valence-corrected chi connectivity index (χ2v) is 2.92. The molecule has 4 N–H and O–H groups in total. The van der Waals surface area contributed by atoms with Gasteiger partial charge >= 0.3 is 0 Å². The Morgan fingerprint density at radius 3 is 2.69 bits per heavy atom. The lowest BCUT2D eigenvalue weighted by Gasteiger charge is -2.02. The maximum absolute atomic E-state index is 5.82. The number of nitrogens with two attached hydrogens (primary N) is 2. The number of aryl methyl sites for hydroxylation is 1. The van der Waals surface area contributed by atoms with Gasteiger partial charge in [0.25, 0.3) is 0 Å².